The molecule has 0 bridgehead atoms. The Labute approximate surface area is 262 Å². The minimum Gasteiger partial charge on any atom is -0.393 e. The Bertz CT molecular complexity index is 1200. The molecular weight excluding hydrogens is 564 g/mol. The highest BCUT2D eigenvalue weighted by Gasteiger charge is 2.85. The van der Waals surface area contributed by atoms with Gasteiger partial charge >= 0.3 is 0 Å². The highest BCUT2D eigenvalue weighted by molar-refractivity contribution is 5.89. The summed E-state index contributed by atoms with van der Waals surface area (Å²) in [5, 5.41) is 53.3. The molecule has 0 radical (unpaired) electrons. The molecule has 9 nitrogen and oxygen atoms in total. The van der Waals surface area contributed by atoms with Crippen LogP contribution >= 0.6 is 0 Å². The monoisotopic (exact) mass is 620 g/mol. The lowest BCUT2D eigenvalue weighted by Crippen LogP contribution is -2.63. The first-order valence-corrected chi connectivity index (χ1v) is 17.2. The molecule has 5 saturated carbocycles. The third kappa shape index (κ3) is 3.84. The Morgan fingerprint density at radius 1 is 0.864 bits per heavy atom. The molecule has 5 N–H and O–H groups in total. The SMILES string of the molecule is CC(C)(O)[C@@H]1CC[C@](C)([C@H]2[C@@H](O)C[C@@]3(C)[C@@H]4CC[C@H]5C(C)(C)[C@@H](O[C@@H]6OC[C@@H](O)[C@H](O)[C@H]6O)CC[C@@]56C[C@@]46CC(=O)[C@]23C)O1. The Hall–Kier alpha value is -0.650. The van der Waals surface area contributed by atoms with Gasteiger partial charge in [0.25, 0.3) is 0 Å². The second kappa shape index (κ2) is 9.49. The summed E-state index contributed by atoms with van der Waals surface area (Å²) < 4.78 is 18.7. The van der Waals surface area contributed by atoms with Crippen LogP contribution in [0.4, 0.5) is 0 Å². The first-order valence-electron chi connectivity index (χ1n) is 17.2. The molecule has 0 aromatic rings. The Balaban J connectivity index is 1.16. The van der Waals surface area contributed by atoms with Crippen LogP contribution in [0.2, 0.25) is 0 Å². The third-order valence-corrected chi connectivity index (χ3v) is 15.3. The van der Waals surface area contributed by atoms with Gasteiger partial charge in [0, 0.05) is 17.8 Å². The predicted octanol–water partition coefficient (Wildman–Crippen LogP) is 3.11. The Morgan fingerprint density at radius 2 is 1.55 bits per heavy atom. The van der Waals surface area contributed by atoms with Gasteiger partial charge in [-0.15, -0.1) is 0 Å². The number of hydrogen-bond acceptors (Lipinski definition) is 9. The summed E-state index contributed by atoms with van der Waals surface area (Å²) >= 11 is 0. The van der Waals surface area contributed by atoms with E-state index in [1.165, 1.54) is 0 Å². The van der Waals surface area contributed by atoms with Gasteiger partial charge < -0.3 is 39.7 Å². The molecule has 15 atom stereocenters. The van der Waals surface area contributed by atoms with E-state index in [0.717, 1.165) is 38.5 Å². The summed E-state index contributed by atoms with van der Waals surface area (Å²) in [6, 6.07) is 0. The molecule has 9 heteroatoms. The van der Waals surface area contributed by atoms with Crippen LogP contribution in [0.1, 0.15) is 106 Å². The van der Waals surface area contributed by atoms with Gasteiger partial charge in [-0.1, -0.05) is 27.7 Å². The normalized spacial score (nSPS) is 58.1. The Morgan fingerprint density at radius 3 is 2.20 bits per heavy atom. The minimum absolute atomic E-state index is 0.0455. The number of aliphatic hydroxyl groups is 5. The molecule has 2 spiro atoms. The van der Waals surface area contributed by atoms with Crippen molar-refractivity contribution in [3.8, 4) is 0 Å². The molecule has 2 aliphatic heterocycles. The average molecular weight is 621 g/mol. The van der Waals surface area contributed by atoms with Crippen LogP contribution in [0.5, 0.6) is 0 Å². The van der Waals surface area contributed by atoms with Crippen LogP contribution in [0.3, 0.4) is 0 Å². The fourth-order valence-electron chi connectivity index (χ4n) is 13.1. The van der Waals surface area contributed by atoms with Gasteiger partial charge in [0.1, 0.15) is 24.1 Å². The molecule has 0 amide bonds. The molecule has 7 aliphatic rings. The molecule has 250 valence electrons. The van der Waals surface area contributed by atoms with Crippen LogP contribution in [0.15, 0.2) is 0 Å². The minimum atomic E-state index is -1.31. The van der Waals surface area contributed by atoms with E-state index in [0.29, 0.717) is 31.1 Å². The van der Waals surface area contributed by atoms with Gasteiger partial charge in [0.05, 0.1) is 36.1 Å². The summed E-state index contributed by atoms with van der Waals surface area (Å²) in [7, 11) is 0. The van der Waals surface area contributed by atoms with E-state index in [1.54, 1.807) is 13.8 Å². The lowest BCUT2D eigenvalue weighted by Gasteiger charge is -2.63. The zero-order valence-corrected chi connectivity index (χ0v) is 27.7. The van der Waals surface area contributed by atoms with Gasteiger partial charge in [-0.2, -0.15) is 0 Å². The van der Waals surface area contributed by atoms with E-state index < -0.39 is 47.3 Å². The molecule has 2 heterocycles. The largest absolute Gasteiger partial charge is 0.393 e. The average Bonchev–Trinajstić information content (AvgIpc) is 3.28. The van der Waals surface area contributed by atoms with Crippen molar-refractivity contribution in [2.45, 2.75) is 160 Å². The van der Waals surface area contributed by atoms with E-state index in [9.17, 15) is 30.3 Å². The van der Waals surface area contributed by atoms with E-state index >= 15 is 0 Å². The second-order valence-corrected chi connectivity index (χ2v) is 18.0. The quantitative estimate of drug-likeness (QED) is 0.299. The summed E-state index contributed by atoms with van der Waals surface area (Å²) in [6.45, 7) is 14.5. The standard InChI is InChI=1S/C35H56O9/c1-29(2)20-8-9-21-31(5)14-18(36)27(32(6)12-10-24(44-32)30(3,4)41)33(31,7)22(38)15-35(21)17-34(20,35)13-11-23(29)43-28-26(40)25(39)19(37)16-42-28/h18-21,23-28,36-37,39-41H,8-17H2,1-7H3/t18-,19+,20-,21-,23-,24-,25-,26+,27+,28-,31-,32+,33+,34+,35-/m0/s1. The van der Waals surface area contributed by atoms with E-state index in [1.807, 2.05) is 0 Å². The molecule has 7 rings (SSSR count). The molecule has 0 aromatic carbocycles. The highest BCUT2D eigenvalue weighted by Crippen LogP contribution is 2.88. The van der Waals surface area contributed by atoms with Crippen molar-refractivity contribution in [1.29, 1.82) is 0 Å². The summed E-state index contributed by atoms with van der Waals surface area (Å²) in [6.07, 6.45) is 1.45. The van der Waals surface area contributed by atoms with Crippen LogP contribution in [0.25, 0.3) is 0 Å². The smallest absolute Gasteiger partial charge is 0.186 e. The van der Waals surface area contributed by atoms with Crippen molar-refractivity contribution in [2.75, 3.05) is 6.61 Å². The lowest BCUT2D eigenvalue weighted by molar-refractivity contribution is -0.302. The molecule has 0 unspecified atom stereocenters. The van der Waals surface area contributed by atoms with Crippen molar-refractivity contribution >= 4 is 5.78 Å². The second-order valence-electron chi connectivity index (χ2n) is 18.0. The molecule has 2 saturated heterocycles. The predicted molar refractivity (Wildman–Crippen MR) is 160 cm³/mol. The number of ketones is 1. The maximum atomic E-state index is 14.7. The highest BCUT2D eigenvalue weighted by atomic mass is 16.7. The summed E-state index contributed by atoms with van der Waals surface area (Å²) in [5.74, 6) is 0.625. The lowest BCUT2D eigenvalue weighted by atomic mass is 9.41. The number of aliphatic hydroxyl groups excluding tert-OH is 4. The van der Waals surface area contributed by atoms with Gasteiger partial charge in [-0.05, 0) is 106 Å². The molecule has 5 aliphatic carbocycles. The van der Waals surface area contributed by atoms with Gasteiger partial charge in [0.15, 0.2) is 6.29 Å². The number of Topliss-reactive ketones (excluding diaryl/α,β-unsaturated/α-hetero) is 1. The van der Waals surface area contributed by atoms with Crippen LogP contribution in [-0.4, -0.2) is 92.0 Å². The zero-order valence-electron chi connectivity index (χ0n) is 27.7. The molecule has 7 fully saturated rings. The van der Waals surface area contributed by atoms with E-state index in [-0.39, 0.29) is 52.2 Å². The van der Waals surface area contributed by atoms with Crippen molar-refractivity contribution < 1.29 is 44.5 Å². The van der Waals surface area contributed by atoms with Crippen LogP contribution in [0, 0.1) is 44.8 Å². The zero-order chi connectivity index (χ0) is 32.0. The number of hydrogen-bond donors (Lipinski definition) is 5. The maximum Gasteiger partial charge on any atom is 0.186 e. The first kappa shape index (κ1) is 31.9. The fourth-order valence-corrected chi connectivity index (χ4v) is 13.1. The van der Waals surface area contributed by atoms with Gasteiger partial charge in [-0.25, -0.2) is 0 Å². The molecular formula is C35H56O9. The fraction of sp³-hybridized carbons (Fsp3) is 0.971. The topological polar surface area (TPSA) is 146 Å². The molecule has 0 aromatic heterocycles. The Kier molecular flexibility index (Phi) is 6.89. The van der Waals surface area contributed by atoms with Gasteiger partial charge in [0.2, 0.25) is 0 Å². The van der Waals surface area contributed by atoms with Crippen molar-refractivity contribution in [3.63, 3.8) is 0 Å². The maximum absolute atomic E-state index is 14.7. The number of rotatable bonds is 4. The number of fused-ring (bicyclic) bond motifs is 2. The number of ether oxygens (including phenoxy) is 3. The summed E-state index contributed by atoms with van der Waals surface area (Å²) in [5.41, 5.74) is -3.00. The van der Waals surface area contributed by atoms with Gasteiger partial charge in [-0.3, -0.25) is 4.79 Å². The van der Waals surface area contributed by atoms with Crippen LogP contribution in [-0.2, 0) is 19.0 Å². The van der Waals surface area contributed by atoms with E-state index in [4.69, 9.17) is 14.2 Å². The number of carbonyl (C=O) groups is 1. The molecule has 44 heavy (non-hydrogen) atoms. The number of carbonyl (C=O) groups excluding carboxylic acids is 1. The van der Waals surface area contributed by atoms with Crippen molar-refractivity contribution in [2.24, 2.45) is 44.8 Å². The van der Waals surface area contributed by atoms with Crippen molar-refractivity contribution in [3.05, 3.63) is 0 Å². The third-order valence-electron chi connectivity index (χ3n) is 15.3. The van der Waals surface area contributed by atoms with Crippen LogP contribution < -0.4 is 0 Å². The summed E-state index contributed by atoms with van der Waals surface area (Å²) in [4.78, 5) is 14.7. The van der Waals surface area contributed by atoms with Crippen molar-refractivity contribution in [1.82, 2.24) is 0 Å². The van der Waals surface area contributed by atoms with E-state index in [2.05, 4.69) is 34.6 Å². The first-order chi connectivity index (χ1) is 20.3.